The lowest BCUT2D eigenvalue weighted by Gasteiger charge is -2.35. The average molecular weight is 385 g/mol. The number of carbonyl (C=O) groups is 2. The van der Waals surface area contributed by atoms with Crippen LogP contribution in [0.1, 0.15) is 28.8 Å². The van der Waals surface area contributed by atoms with E-state index in [4.69, 9.17) is 4.74 Å². The van der Waals surface area contributed by atoms with E-state index in [1.54, 1.807) is 29.7 Å². The summed E-state index contributed by atoms with van der Waals surface area (Å²) in [4.78, 5) is 28.7. The van der Waals surface area contributed by atoms with Gasteiger partial charge < -0.3 is 15.0 Å². The van der Waals surface area contributed by atoms with Crippen molar-refractivity contribution in [2.45, 2.75) is 38.0 Å². The molecule has 2 saturated heterocycles. The monoisotopic (exact) mass is 385 g/mol. The highest BCUT2D eigenvalue weighted by Gasteiger charge is 2.38. The summed E-state index contributed by atoms with van der Waals surface area (Å²) in [6, 6.07) is 4.27. The Hall–Kier alpha value is -2.45. The van der Waals surface area contributed by atoms with E-state index in [0.29, 0.717) is 24.6 Å². The summed E-state index contributed by atoms with van der Waals surface area (Å²) in [6.45, 7) is 4.10. The van der Waals surface area contributed by atoms with Gasteiger partial charge in [0.2, 0.25) is 5.91 Å². The normalized spacial score (nSPS) is 24.9. The first-order chi connectivity index (χ1) is 13.4. The van der Waals surface area contributed by atoms with E-state index in [2.05, 4.69) is 15.3 Å². The van der Waals surface area contributed by atoms with Crippen molar-refractivity contribution in [3.63, 3.8) is 0 Å². The summed E-state index contributed by atoms with van der Waals surface area (Å²) >= 11 is 0. The number of hydrogen-bond acceptors (Lipinski definition) is 5. The molecule has 2 aliphatic rings. The molecule has 4 heterocycles. The molecule has 2 aromatic heterocycles. The molecule has 2 aromatic rings. The zero-order chi connectivity index (χ0) is 19.8. The van der Waals surface area contributed by atoms with Crippen LogP contribution in [-0.4, -0.2) is 83.2 Å². The molecule has 150 valence electrons. The summed E-state index contributed by atoms with van der Waals surface area (Å²) < 4.78 is 7.63. The van der Waals surface area contributed by atoms with E-state index in [1.807, 2.05) is 25.3 Å². The van der Waals surface area contributed by atoms with Crippen molar-refractivity contribution in [3.05, 3.63) is 35.7 Å². The molecule has 0 radical (unpaired) electrons. The Balaban J connectivity index is 1.38. The molecule has 0 unspecified atom stereocenters. The van der Waals surface area contributed by atoms with Crippen molar-refractivity contribution in [2.75, 3.05) is 33.8 Å². The standard InChI is InChI=1S/C20H27N5O3/c1-13-5-4-6-25-19(13)17(9-21-25)20(27)22-14-7-15-12-28-16(11-24(15)10-14)8-18(26)23(2)3/h4-6,9,14-16H,7-8,10-12H2,1-3H3,(H,22,27)/t14-,15-,16-/m0/s1. The number of fused-ring (bicyclic) bond motifs is 2. The van der Waals surface area contributed by atoms with Crippen LogP contribution in [0.15, 0.2) is 24.5 Å². The van der Waals surface area contributed by atoms with Gasteiger partial charge >= 0.3 is 0 Å². The van der Waals surface area contributed by atoms with Crippen LogP contribution in [0.2, 0.25) is 0 Å². The first kappa shape index (κ1) is 18.9. The van der Waals surface area contributed by atoms with Gasteiger partial charge in [-0.3, -0.25) is 14.5 Å². The van der Waals surface area contributed by atoms with Gasteiger partial charge in [-0.25, -0.2) is 4.52 Å². The largest absolute Gasteiger partial charge is 0.375 e. The van der Waals surface area contributed by atoms with Crippen LogP contribution < -0.4 is 5.32 Å². The molecule has 1 N–H and O–H groups in total. The first-order valence-corrected chi connectivity index (χ1v) is 9.72. The number of morpholine rings is 1. The predicted molar refractivity (Wildman–Crippen MR) is 104 cm³/mol. The number of aromatic nitrogens is 2. The summed E-state index contributed by atoms with van der Waals surface area (Å²) in [5.74, 6) is -0.00893. The summed E-state index contributed by atoms with van der Waals surface area (Å²) in [5, 5.41) is 7.45. The Bertz CT molecular complexity index is 893. The van der Waals surface area contributed by atoms with Gasteiger partial charge in [0.05, 0.1) is 36.4 Å². The van der Waals surface area contributed by atoms with E-state index in [1.165, 1.54) is 0 Å². The van der Waals surface area contributed by atoms with Crippen LogP contribution in [0, 0.1) is 6.92 Å². The molecule has 0 saturated carbocycles. The molecule has 8 heteroatoms. The number of hydrogen-bond donors (Lipinski definition) is 1. The third kappa shape index (κ3) is 3.62. The van der Waals surface area contributed by atoms with Crippen molar-refractivity contribution in [3.8, 4) is 0 Å². The molecule has 0 bridgehead atoms. The van der Waals surface area contributed by atoms with Crippen molar-refractivity contribution >= 4 is 17.3 Å². The molecule has 0 aromatic carbocycles. The lowest BCUT2D eigenvalue weighted by atomic mass is 10.1. The molecule has 2 amide bonds. The Labute approximate surface area is 164 Å². The van der Waals surface area contributed by atoms with Gasteiger partial charge in [0.1, 0.15) is 0 Å². The van der Waals surface area contributed by atoms with E-state index < -0.39 is 0 Å². The lowest BCUT2D eigenvalue weighted by molar-refractivity contribution is -0.134. The fourth-order valence-corrected chi connectivity index (χ4v) is 4.19. The Morgan fingerprint density at radius 2 is 2.18 bits per heavy atom. The number of amides is 2. The van der Waals surface area contributed by atoms with Crippen LogP contribution in [0.5, 0.6) is 0 Å². The number of rotatable bonds is 4. The third-order valence-electron chi connectivity index (χ3n) is 5.71. The van der Waals surface area contributed by atoms with E-state index >= 15 is 0 Å². The van der Waals surface area contributed by atoms with Crippen molar-refractivity contribution < 1.29 is 14.3 Å². The fourth-order valence-electron chi connectivity index (χ4n) is 4.19. The first-order valence-electron chi connectivity index (χ1n) is 9.72. The van der Waals surface area contributed by atoms with Gasteiger partial charge in [-0.1, -0.05) is 6.07 Å². The van der Waals surface area contributed by atoms with E-state index in [-0.39, 0.29) is 24.0 Å². The second-order valence-electron chi connectivity index (χ2n) is 8.00. The summed E-state index contributed by atoms with van der Waals surface area (Å²) in [7, 11) is 3.52. The molecular formula is C20H27N5O3. The van der Waals surface area contributed by atoms with Crippen molar-refractivity contribution in [1.82, 2.24) is 24.7 Å². The van der Waals surface area contributed by atoms with Gasteiger partial charge in [-0.2, -0.15) is 5.10 Å². The maximum atomic E-state index is 12.9. The van der Waals surface area contributed by atoms with Gasteiger partial charge in [0.25, 0.3) is 5.91 Å². The number of nitrogens with one attached hydrogen (secondary N) is 1. The van der Waals surface area contributed by atoms with Crippen LogP contribution in [0.3, 0.4) is 0 Å². The van der Waals surface area contributed by atoms with Crippen LogP contribution >= 0.6 is 0 Å². The zero-order valence-electron chi connectivity index (χ0n) is 16.6. The second kappa shape index (κ2) is 7.52. The molecule has 2 fully saturated rings. The molecular weight excluding hydrogens is 358 g/mol. The number of nitrogens with zero attached hydrogens (tertiary/aromatic N) is 4. The smallest absolute Gasteiger partial charge is 0.255 e. The number of ether oxygens (including phenoxy) is 1. The van der Waals surface area contributed by atoms with Crippen molar-refractivity contribution in [2.24, 2.45) is 0 Å². The topological polar surface area (TPSA) is 79.2 Å². The fraction of sp³-hybridized carbons (Fsp3) is 0.550. The molecule has 0 aliphatic carbocycles. The highest BCUT2D eigenvalue weighted by atomic mass is 16.5. The zero-order valence-corrected chi connectivity index (χ0v) is 16.6. The molecule has 3 atom stereocenters. The summed E-state index contributed by atoms with van der Waals surface area (Å²) in [6.07, 6.45) is 4.66. The second-order valence-corrected chi connectivity index (χ2v) is 8.00. The van der Waals surface area contributed by atoms with Crippen molar-refractivity contribution in [1.29, 1.82) is 0 Å². The molecule has 2 aliphatic heterocycles. The van der Waals surface area contributed by atoms with Crippen LogP contribution in [0.4, 0.5) is 0 Å². The number of aryl methyl sites for hydroxylation is 1. The minimum absolute atomic E-state index is 0.0726. The Kier molecular flexibility index (Phi) is 5.07. The quantitative estimate of drug-likeness (QED) is 0.838. The third-order valence-corrected chi connectivity index (χ3v) is 5.71. The highest BCUT2D eigenvalue weighted by Crippen LogP contribution is 2.25. The van der Waals surface area contributed by atoms with Gasteiger partial charge in [-0.05, 0) is 25.0 Å². The van der Waals surface area contributed by atoms with Crippen LogP contribution in [-0.2, 0) is 9.53 Å². The van der Waals surface area contributed by atoms with Gasteiger partial charge in [0, 0.05) is 45.5 Å². The molecule has 4 rings (SSSR count). The minimum Gasteiger partial charge on any atom is -0.375 e. The van der Waals surface area contributed by atoms with E-state index in [9.17, 15) is 9.59 Å². The molecule has 28 heavy (non-hydrogen) atoms. The van der Waals surface area contributed by atoms with E-state index in [0.717, 1.165) is 30.6 Å². The SMILES string of the molecule is Cc1cccn2ncc(C(=O)N[C@H]3C[C@H]4CO[C@@H](CC(=O)N(C)C)CN4C3)c12. The average Bonchev–Trinajstić information content (AvgIpc) is 3.25. The maximum absolute atomic E-state index is 12.9. The maximum Gasteiger partial charge on any atom is 0.255 e. The Morgan fingerprint density at radius 1 is 1.36 bits per heavy atom. The Morgan fingerprint density at radius 3 is 2.96 bits per heavy atom. The lowest BCUT2D eigenvalue weighted by Crippen LogP contribution is -2.47. The van der Waals surface area contributed by atoms with Gasteiger partial charge in [-0.15, -0.1) is 0 Å². The van der Waals surface area contributed by atoms with Gasteiger partial charge in [0.15, 0.2) is 0 Å². The summed E-state index contributed by atoms with van der Waals surface area (Å²) in [5.41, 5.74) is 2.48. The number of carbonyl (C=O) groups excluding carboxylic acids is 2. The predicted octanol–water partition coefficient (Wildman–Crippen LogP) is 0.693. The molecule has 8 nitrogen and oxygen atoms in total. The highest BCUT2D eigenvalue weighted by molar-refractivity contribution is 6.01. The molecule has 0 spiro atoms. The minimum atomic E-state index is -0.0885. The van der Waals surface area contributed by atoms with Crippen LogP contribution in [0.25, 0.3) is 5.52 Å². The number of pyridine rings is 1.